The summed E-state index contributed by atoms with van der Waals surface area (Å²) in [5.74, 6) is -0.895. The molecule has 3 unspecified atom stereocenters. The smallest absolute Gasteiger partial charge is 0.317 e. The van der Waals surface area contributed by atoms with Gasteiger partial charge >= 0.3 is 12.1 Å². The van der Waals surface area contributed by atoms with Gasteiger partial charge in [-0.3, -0.25) is 14.9 Å². The second-order valence-corrected chi connectivity index (χ2v) is 8.76. The van der Waals surface area contributed by atoms with Crippen LogP contribution in [0.1, 0.15) is 6.42 Å². The highest BCUT2D eigenvalue weighted by atomic mass is 19.1. The number of hydrogen-bond acceptors (Lipinski definition) is 5. The number of carbonyl (C=O) groups excluding carboxylic acids is 3. The maximum absolute atomic E-state index is 13.5. The van der Waals surface area contributed by atoms with E-state index in [-0.39, 0.29) is 24.0 Å². The minimum absolute atomic E-state index is 0.118. The average molecular weight is 475 g/mol. The number of fused-ring (bicyclic) bond motifs is 6. The standard InChI is InChI=1S/C24H18FN5O5/c25-13-5-7-14(8-6-13)26-23(32)27-12-15-11-20(27)21-22(31)29(24(33)28(15)21)18-9-10-19(30(34)35)17-4-2-1-3-16(17)18/h1-10,15,20-21H,11-12H2,(H,26,32). The monoisotopic (exact) mass is 475 g/mol. The highest BCUT2D eigenvalue weighted by molar-refractivity contribution is 6.25. The number of likely N-dealkylation sites (tertiary alicyclic amines) is 1. The Labute approximate surface area is 197 Å². The Morgan fingerprint density at radius 1 is 1.03 bits per heavy atom. The lowest BCUT2D eigenvalue weighted by Crippen LogP contribution is -2.55. The fraction of sp³-hybridized carbons (Fsp3) is 0.208. The fourth-order valence-electron chi connectivity index (χ4n) is 5.46. The number of carbonyl (C=O) groups is 3. The molecule has 11 heteroatoms. The van der Waals surface area contributed by atoms with Crippen molar-refractivity contribution in [1.29, 1.82) is 0 Å². The van der Waals surface area contributed by atoms with Crippen LogP contribution < -0.4 is 10.2 Å². The maximum atomic E-state index is 13.5. The van der Waals surface area contributed by atoms with E-state index in [2.05, 4.69) is 5.32 Å². The third-order valence-electron chi connectivity index (χ3n) is 6.94. The van der Waals surface area contributed by atoms with Gasteiger partial charge in [0.2, 0.25) is 0 Å². The molecule has 176 valence electrons. The van der Waals surface area contributed by atoms with Gasteiger partial charge in [-0.05, 0) is 42.8 Å². The number of non-ortho nitro benzene ring substituents is 1. The molecule has 35 heavy (non-hydrogen) atoms. The molecule has 2 bridgehead atoms. The predicted octanol–water partition coefficient (Wildman–Crippen LogP) is 3.71. The first kappa shape index (κ1) is 21.0. The minimum Gasteiger partial charge on any atom is -0.317 e. The number of nitrogens with one attached hydrogen (secondary N) is 1. The zero-order valence-corrected chi connectivity index (χ0v) is 18.1. The molecular weight excluding hydrogens is 457 g/mol. The van der Waals surface area contributed by atoms with Crippen molar-refractivity contribution in [3.05, 3.63) is 76.6 Å². The van der Waals surface area contributed by atoms with Crippen molar-refractivity contribution in [2.24, 2.45) is 0 Å². The summed E-state index contributed by atoms with van der Waals surface area (Å²) >= 11 is 0. The molecule has 3 saturated heterocycles. The van der Waals surface area contributed by atoms with E-state index < -0.39 is 40.8 Å². The first-order chi connectivity index (χ1) is 16.8. The zero-order valence-electron chi connectivity index (χ0n) is 18.1. The van der Waals surface area contributed by atoms with Crippen molar-refractivity contribution in [2.75, 3.05) is 16.8 Å². The number of nitro benzene ring substituents is 1. The largest absolute Gasteiger partial charge is 0.332 e. The van der Waals surface area contributed by atoms with Gasteiger partial charge in [0.25, 0.3) is 11.6 Å². The number of nitrogens with zero attached hydrogens (tertiary/aromatic N) is 4. The predicted molar refractivity (Wildman–Crippen MR) is 123 cm³/mol. The average Bonchev–Trinajstić information content (AvgIpc) is 3.51. The normalized spacial score (nSPS) is 22.8. The summed E-state index contributed by atoms with van der Waals surface area (Å²) in [5.41, 5.74) is 0.578. The Hall–Kier alpha value is -4.54. The highest BCUT2D eigenvalue weighted by Gasteiger charge is 2.63. The summed E-state index contributed by atoms with van der Waals surface area (Å²) in [6.45, 7) is 0.266. The second-order valence-electron chi connectivity index (χ2n) is 8.76. The number of rotatable bonds is 3. The number of anilines is 2. The molecule has 10 nitrogen and oxygen atoms in total. The van der Waals surface area contributed by atoms with Crippen LogP contribution in [0.25, 0.3) is 10.8 Å². The summed E-state index contributed by atoms with van der Waals surface area (Å²) in [6, 6.07) is 12.0. The highest BCUT2D eigenvalue weighted by Crippen LogP contribution is 2.44. The lowest BCUT2D eigenvalue weighted by molar-refractivity contribution is -0.383. The van der Waals surface area contributed by atoms with Crippen LogP contribution in [-0.2, 0) is 4.79 Å². The number of halogens is 1. The molecule has 3 fully saturated rings. The molecule has 1 N–H and O–H groups in total. The van der Waals surface area contributed by atoms with Crippen molar-refractivity contribution in [1.82, 2.24) is 9.80 Å². The van der Waals surface area contributed by atoms with Crippen LogP contribution in [0.4, 0.5) is 31.0 Å². The summed E-state index contributed by atoms with van der Waals surface area (Å²) in [5, 5.41) is 14.9. The molecule has 0 aromatic heterocycles. The van der Waals surface area contributed by atoms with Crippen LogP contribution in [0, 0.1) is 15.9 Å². The van der Waals surface area contributed by atoms with E-state index in [0.717, 1.165) is 4.90 Å². The van der Waals surface area contributed by atoms with Crippen LogP contribution >= 0.6 is 0 Å². The van der Waals surface area contributed by atoms with Gasteiger partial charge in [0.15, 0.2) is 0 Å². The van der Waals surface area contributed by atoms with Gasteiger partial charge in [-0.2, -0.15) is 0 Å². The Morgan fingerprint density at radius 2 is 1.74 bits per heavy atom. The summed E-state index contributed by atoms with van der Waals surface area (Å²) < 4.78 is 13.2. The van der Waals surface area contributed by atoms with Crippen LogP contribution in [0.15, 0.2) is 60.7 Å². The SMILES string of the molecule is O=C1C2C3CC(CN3C(=O)Nc3ccc(F)cc3)N2C(=O)N1c1ccc([N+](=O)[O-])c2ccccc12. The van der Waals surface area contributed by atoms with Crippen molar-refractivity contribution < 1.29 is 23.7 Å². The van der Waals surface area contributed by atoms with Crippen LogP contribution in [-0.4, -0.2) is 57.4 Å². The number of hydrogen-bond donors (Lipinski definition) is 1. The van der Waals surface area contributed by atoms with E-state index in [1.807, 2.05) is 0 Å². The number of amides is 5. The molecule has 3 aliphatic heterocycles. The van der Waals surface area contributed by atoms with Crippen molar-refractivity contribution in [3.63, 3.8) is 0 Å². The number of piperazine rings is 1. The third-order valence-corrected chi connectivity index (χ3v) is 6.94. The molecule has 5 amide bonds. The van der Waals surface area contributed by atoms with Crippen molar-refractivity contribution in [2.45, 2.75) is 24.5 Å². The number of nitro groups is 1. The quantitative estimate of drug-likeness (QED) is 0.352. The van der Waals surface area contributed by atoms with Gasteiger partial charge in [0.1, 0.15) is 11.9 Å². The van der Waals surface area contributed by atoms with Crippen LogP contribution in [0.5, 0.6) is 0 Å². The molecule has 6 rings (SSSR count). The van der Waals surface area contributed by atoms with Gasteiger partial charge in [-0.15, -0.1) is 0 Å². The van der Waals surface area contributed by atoms with Gasteiger partial charge in [-0.1, -0.05) is 18.2 Å². The lowest BCUT2D eigenvalue weighted by Gasteiger charge is -2.34. The topological polar surface area (TPSA) is 116 Å². The zero-order chi connectivity index (χ0) is 24.4. The fourth-order valence-corrected chi connectivity index (χ4v) is 5.46. The molecule has 3 heterocycles. The summed E-state index contributed by atoms with van der Waals surface area (Å²) in [7, 11) is 0. The Balaban J connectivity index is 1.31. The van der Waals surface area contributed by atoms with E-state index in [1.165, 1.54) is 46.2 Å². The van der Waals surface area contributed by atoms with E-state index in [1.54, 1.807) is 24.3 Å². The summed E-state index contributed by atoms with van der Waals surface area (Å²) in [4.78, 5) is 54.9. The molecule has 3 aliphatic rings. The molecule has 3 atom stereocenters. The van der Waals surface area contributed by atoms with Gasteiger partial charge in [-0.25, -0.2) is 18.9 Å². The molecular formula is C24H18FN5O5. The first-order valence-electron chi connectivity index (χ1n) is 11.0. The lowest BCUT2D eigenvalue weighted by atomic mass is 10.0. The molecule has 3 aromatic rings. The van der Waals surface area contributed by atoms with E-state index in [9.17, 15) is 28.9 Å². The Bertz CT molecular complexity index is 1430. The molecule has 0 aliphatic carbocycles. The second kappa shape index (κ2) is 7.49. The molecule has 0 spiro atoms. The number of benzene rings is 3. The van der Waals surface area contributed by atoms with Crippen LogP contribution in [0.3, 0.4) is 0 Å². The van der Waals surface area contributed by atoms with Gasteiger partial charge < -0.3 is 15.1 Å². The van der Waals surface area contributed by atoms with Gasteiger partial charge in [0, 0.05) is 23.7 Å². The molecule has 3 aromatic carbocycles. The van der Waals surface area contributed by atoms with Crippen molar-refractivity contribution in [3.8, 4) is 0 Å². The Kier molecular flexibility index (Phi) is 4.50. The Morgan fingerprint density at radius 3 is 2.46 bits per heavy atom. The van der Waals surface area contributed by atoms with E-state index >= 15 is 0 Å². The molecule has 0 radical (unpaired) electrons. The van der Waals surface area contributed by atoms with E-state index in [0.29, 0.717) is 22.9 Å². The van der Waals surface area contributed by atoms with E-state index in [4.69, 9.17) is 0 Å². The number of urea groups is 2. The molecule has 0 saturated carbocycles. The minimum atomic E-state index is -0.839. The number of imide groups is 1. The maximum Gasteiger partial charge on any atom is 0.332 e. The van der Waals surface area contributed by atoms with Gasteiger partial charge in [0.05, 0.1) is 28.1 Å². The third kappa shape index (κ3) is 3.04. The van der Waals surface area contributed by atoms with Crippen LogP contribution in [0.2, 0.25) is 0 Å². The summed E-state index contributed by atoms with van der Waals surface area (Å²) in [6.07, 6.45) is 0.480. The van der Waals surface area contributed by atoms with Crippen molar-refractivity contribution >= 4 is 45.8 Å². The first-order valence-corrected chi connectivity index (χ1v) is 11.0.